The third kappa shape index (κ3) is 2.28. The lowest BCUT2D eigenvalue weighted by molar-refractivity contribution is 0.439. The van der Waals surface area contributed by atoms with Gasteiger partial charge in [0.1, 0.15) is 5.82 Å². The second-order valence-electron chi connectivity index (χ2n) is 3.43. The van der Waals surface area contributed by atoms with Crippen molar-refractivity contribution in [1.29, 1.82) is 0 Å². The minimum Gasteiger partial charge on any atom is -0.324 e. The molecular weight excluding hydrogens is 165 g/mol. The summed E-state index contributed by atoms with van der Waals surface area (Å²) in [6, 6.07) is 6.53. The Morgan fingerprint density at radius 2 is 2.00 bits per heavy atom. The van der Waals surface area contributed by atoms with Crippen LogP contribution in [0, 0.1) is 11.7 Å². The first-order chi connectivity index (χ1) is 6.16. The number of halogens is 1. The zero-order valence-corrected chi connectivity index (χ0v) is 8.13. The average molecular weight is 181 g/mol. The third-order valence-corrected chi connectivity index (χ3v) is 2.52. The highest BCUT2D eigenvalue weighted by molar-refractivity contribution is 5.21. The molecule has 0 aliphatic carbocycles. The van der Waals surface area contributed by atoms with Crippen LogP contribution >= 0.6 is 0 Å². The standard InChI is InChI=1S/C11H16FN/c1-3-8(2)11(13)9-6-4-5-7-10(9)12/h4-8,11H,3,13H2,1-2H3/t8?,11-/m1/s1. The molecule has 1 unspecified atom stereocenters. The van der Waals surface area contributed by atoms with Crippen LogP contribution in [0.2, 0.25) is 0 Å². The number of rotatable bonds is 3. The Hall–Kier alpha value is -0.890. The van der Waals surface area contributed by atoms with E-state index in [1.54, 1.807) is 12.1 Å². The predicted octanol–water partition coefficient (Wildman–Crippen LogP) is 2.87. The first-order valence-corrected chi connectivity index (χ1v) is 4.66. The number of hydrogen-bond acceptors (Lipinski definition) is 1. The Kier molecular flexibility index (Phi) is 3.43. The summed E-state index contributed by atoms with van der Waals surface area (Å²) in [7, 11) is 0. The fourth-order valence-electron chi connectivity index (χ4n) is 1.31. The van der Waals surface area contributed by atoms with Crippen molar-refractivity contribution in [3.05, 3.63) is 35.6 Å². The third-order valence-electron chi connectivity index (χ3n) is 2.52. The molecule has 0 fully saturated rings. The maximum absolute atomic E-state index is 13.3. The van der Waals surface area contributed by atoms with E-state index in [-0.39, 0.29) is 11.9 Å². The lowest BCUT2D eigenvalue weighted by Gasteiger charge is -2.18. The Balaban J connectivity index is 2.88. The molecule has 0 heterocycles. The minimum atomic E-state index is -0.199. The van der Waals surface area contributed by atoms with Gasteiger partial charge < -0.3 is 5.73 Å². The van der Waals surface area contributed by atoms with Crippen LogP contribution in [0.15, 0.2) is 24.3 Å². The Morgan fingerprint density at radius 1 is 1.38 bits per heavy atom. The fourth-order valence-corrected chi connectivity index (χ4v) is 1.31. The van der Waals surface area contributed by atoms with Crippen LogP contribution in [-0.2, 0) is 0 Å². The molecule has 72 valence electrons. The van der Waals surface area contributed by atoms with Gasteiger partial charge in [0.25, 0.3) is 0 Å². The molecule has 2 heteroatoms. The Morgan fingerprint density at radius 3 is 2.54 bits per heavy atom. The lowest BCUT2D eigenvalue weighted by atomic mass is 9.93. The molecule has 13 heavy (non-hydrogen) atoms. The summed E-state index contributed by atoms with van der Waals surface area (Å²) in [5, 5.41) is 0. The van der Waals surface area contributed by atoms with Gasteiger partial charge in [-0.05, 0) is 12.0 Å². The van der Waals surface area contributed by atoms with Crippen molar-refractivity contribution in [3.63, 3.8) is 0 Å². The highest BCUT2D eigenvalue weighted by Gasteiger charge is 2.15. The summed E-state index contributed by atoms with van der Waals surface area (Å²) in [5.74, 6) is 0.118. The second-order valence-corrected chi connectivity index (χ2v) is 3.43. The van der Waals surface area contributed by atoms with Crippen molar-refractivity contribution < 1.29 is 4.39 Å². The maximum Gasteiger partial charge on any atom is 0.127 e. The Labute approximate surface area is 78.8 Å². The smallest absolute Gasteiger partial charge is 0.127 e. The second kappa shape index (κ2) is 4.38. The summed E-state index contributed by atoms with van der Waals surface area (Å²) in [4.78, 5) is 0. The summed E-state index contributed by atoms with van der Waals surface area (Å²) < 4.78 is 13.3. The monoisotopic (exact) mass is 181 g/mol. The molecule has 0 bridgehead atoms. The molecule has 2 N–H and O–H groups in total. The first kappa shape index (κ1) is 10.2. The Bertz CT molecular complexity index is 273. The van der Waals surface area contributed by atoms with Gasteiger partial charge in [-0.1, -0.05) is 38.5 Å². The van der Waals surface area contributed by atoms with E-state index >= 15 is 0 Å². The van der Waals surface area contributed by atoms with Gasteiger partial charge in [-0.15, -0.1) is 0 Å². The number of benzene rings is 1. The maximum atomic E-state index is 13.3. The first-order valence-electron chi connectivity index (χ1n) is 4.66. The fraction of sp³-hybridized carbons (Fsp3) is 0.455. The van der Waals surface area contributed by atoms with E-state index in [9.17, 15) is 4.39 Å². The molecule has 1 aromatic rings. The van der Waals surface area contributed by atoms with Crippen LogP contribution in [0.1, 0.15) is 31.9 Å². The van der Waals surface area contributed by atoms with Crippen molar-refractivity contribution in [2.45, 2.75) is 26.3 Å². The van der Waals surface area contributed by atoms with Crippen molar-refractivity contribution in [2.24, 2.45) is 11.7 Å². The van der Waals surface area contributed by atoms with Crippen molar-refractivity contribution in [3.8, 4) is 0 Å². The quantitative estimate of drug-likeness (QED) is 0.762. The van der Waals surface area contributed by atoms with E-state index in [0.29, 0.717) is 11.5 Å². The topological polar surface area (TPSA) is 26.0 Å². The minimum absolute atomic E-state index is 0.189. The van der Waals surface area contributed by atoms with Crippen molar-refractivity contribution in [1.82, 2.24) is 0 Å². The van der Waals surface area contributed by atoms with E-state index in [4.69, 9.17) is 5.73 Å². The predicted molar refractivity (Wildman–Crippen MR) is 52.8 cm³/mol. The molecule has 1 aromatic carbocycles. The highest BCUT2D eigenvalue weighted by Crippen LogP contribution is 2.23. The van der Waals surface area contributed by atoms with Crippen molar-refractivity contribution in [2.75, 3.05) is 0 Å². The molecule has 0 radical (unpaired) electrons. The molecule has 0 aliphatic heterocycles. The molecule has 1 nitrogen and oxygen atoms in total. The number of nitrogens with two attached hydrogens (primary N) is 1. The van der Waals surface area contributed by atoms with Gasteiger partial charge in [-0.3, -0.25) is 0 Å². The van der Waals surface area contributed by atoms with Crippen LogP contribution in [0.3, 0.4) is 0 Å². The van der Waals surface area contributed by atoms with Gasteiger partial charge in [0.15, 0.2) is 0 Å². The molecule has 0 spiro atoms. The van der Waals surface area contributed by atoms with Gasteiger partial charge in [-0.2, -0.15) is 0 Å². The summed E-state index contributed by atoms with van der Waals surface area (Å²) in [6.45, 7) is 4.10. The van der Waals surface area contributed by atoms with Crippen molar-refractivity contribution >= 4 is 0 Å². The van der Waals surface area contributed by atoms with Crippen LogP contribution in [0.4, 0.5) is 4.39 Å². The van der Waals surface area contributed by atoms with Gasteiger partial charge >= 0.3 is 0 Å². The van der Waals surface area contributed by atoms with Gasteiger partial charge in [0.05, 0.1) is 0 Å². The normalized spacial score (nSPS) is 15.4. The number of hydrogen-bond donors (Lipinski definition) is 1. The van der Waals surface area contributed by atoms with E-state index in [1.165, 1.54) is 6.07 Å². The average Bonchev–Trinajstić information content (AvgIpc) is 2.16. The summed E-state index contributed by atoms with van der Waals surface area (Å²) >= 11 is 0. The van der Waals surface area contributed by atoms with Gasteiger partial charge in [0, 0.05) is 11.6 Å². The van der Waals surface area contributed by atoms with E-state index in [1.807, 2.05) is 13.0 Å². The molecule has 0 amide bonds. The zero-order chi connectivity index (χ0) is 9.84. The molecule has 1 rings (SSSR count). The molecule has 0 saturated carbocycles. The summed E-state index contributed by atoms with van der Waals surface area (Å²) in [5.41, 5.74) is 6.53. The van der Waals surface area contributed by atoms with E-state index in [2.05, 4.69) is 6.92 Å². The van der Waals surface area contributed by atoms with Gasteiger partial charge in [0.2, 0.25) is 0 Å². The summed E-state index contributed by atoms with van der Waals surface area (Å²) in [6.07, 6.45) is 0.968. The van der Waals surface area contributed by atoms with Crippen LogP contribution in [-0.4, -0.2) is 0 Å². The van der Waals surface area contributed by atoms with E-state index < -0.39 is 0 Å². The van der Waals surface area contributed by atoms with Gasteiger partial charge in [-0.25, -0.2) is 4.39 Å². The molecule has 0 aromatic heterocycles. The zero-order valence-electron chi connectivity index (χ0n) is 8.13. The van der Waals surface area contributed by atoms with Crippen LogP contribution in [0.5, 0.6) is 0 Å². The SMILES string of the molecule is CCC(C)[C@@H](N)c1ccccc1F. The lowest BCUT2D eigenvalue weighted by Crippen LogP contribution is -2.19. The highest BCUT2D eigenvalue weighted by atomic mass is 19.1. The van der Waals surface area contributed by atoms with Crippen LogP contribution < -0.4 is 5.73 Å². The molecule has 0 aliphatic rings. The largest absolute Gasteiger partial charge is 0.324 e. The molecule has 2 atom stereocenters. The molecule has 0 saturated heterocycles. The molecular formula is C11H16FN. The van der Waals surface area contributed by atoms with E-state index in [0.717, 1.165) is 6.42 Å². The van der Waals surface area contributed by atoms with Crippen LogP contribution in [0.25, 0.3) is 0 Å².